The van der Waals surface area contributed by atoms with Crippen LogP contribution in [0.1, 0.15) is 31.7 Å². The van der Waals surface area contributed by atoms with E-state index in [1.54, 1.807) is 0 Å². The van der Waals surface area contributed by atoms with Crippen molar-refractivity contribution in [3.8, 4) is 5.75 Å². The number of hydrogen-bond acceptors (Lipinski definition) is 4. The standard InChI is InChI=1S/C22H22ClF4NO3S/c1-21(26,27)12-28-15-8-9-22(32(29,30)16-4-2-14(23)3-5-16)13(10-15)11-31-20-18(25)7-6-17(24)19(20)22/h2-7,13,15,28H,8-12H2,1H3/t13-,15-,22+/m1/s1. The van der Waals surface area contributed by atoms with Crippen LogP contribution in [0.2, 0.25) is 5.02 Å². The van der Waals surface area contributed by atoms with E-state index in [4.69, 9.17) is 16.3 Å². The smallest absolute Gasteiger partial charge is 0.257 e. The molecule has 1 fully saturated rings. The molecule has 1 saturated carbocycles. The van der Waals surface area contributed by atoms with E-state index in [1.165, 1.54) is 24.3 Å². The number of nitrogens with one attached hydrogen (secondary N) is 1. The Hall–Kier alpha value is -1.84. The van der Waals surface area contributed by atoms with Crippen LogP contribution in [0.4, 0.5) is 17.6 Å². The molecule has 10 heteroatoms. The molecular formula is C22H22ClF4NO3S. The van der Waals surface area contributed by atoms with Crippen molar-refractivity contribution < 1.29 is 30.7 Å². The van der Waals surface area contributed by atoms with E-state index in [9.17, 15) is 21.6 Å². The highest BCUT2D eigenvalue weighted by Gasteiger charge is 2.59. The Morgan fingerprint density at radius 1 is 1.16 bits per heavy atom. The molecule has 4 rings (SSSR count). The van der Waals surface area contributed by atoms with Gasteiger partial charge in [0.25, 0.3) is 5.92 Å². The van der Waals surface area contributed by atoms with Crippen LogP contribution in [0.25, 0.3) is 0 Å². The largest absolute Gasteiger partial charge is 0.490 e. The molecule has 0 saturated heterocycles. The van der Waals surface area contributed by atoms with Gasteiger partial charge in [-0.05, 0) is 55.7 Å². The summed E-state index contributed by atoms with van der Waals surface area (Å²) in [5.74, 6) is -5.85. The Kier molecular flexibility index (Phi) is 5.96. The van der Waals surface area contributed by atoms with Gasteiger partial charge in [0.1, 0.15) is 10.6 Å². The summed E-state index contributed by atoms with van der Waals surface area (Å²) < 4.78 is 88.0. The van der Waals surface area contributed by atoms with Gasteiger partial charge in [0.15, 0.2) is 21.4 Å². The number of hydrogen-bond donors (Lipinski definition) is 1. The molecule has 0 unspecified atom stereocenters. The molecule has 4 nitrogen and oxygen atoms in total. The number of benzene rings is 2. The average molecular weight is 492 g/mol. The zero-order valence-corrected chi connectivity index (χ0v) is 18.7. The maximum atomic E-state index is 15.1. The summed E-state index contributed by atoms with van der Waals surface area (Å²) >= 11 is 5.91. The summed E-state index contributed by atoms with van der Waals surface area (Å²) in [4.78, 5) is -0.0742. The van der Waals surface area contributed by atoms with E-state index in [1.807, 2.05) is 0 Å². The molecule has 0 bridgehead atoms. The van der Waals surface area contributed by atoms with Gasteiger partial charge in [-0.25, -0.2) is 26.0 Å². The van der Waals surface area contributed by atoms with Crippen LogP contribution in [-0.4, -0.2) is 33.5 Å². The van der Waals surface area contributed by atoms with Gasteiger partial charge in [-0.3, -0.25) is 0 Å². The summed E-state index contributed by atoms with van der Waals surface area (Å²) in [5.41, 5.74) is -0.331. The Balaban J connectivity index is 1.84. The first-order chi connectivity index (χ1) is 15.0. The lowest BCUT2D eigenvalue weighted by molar-refractivity contribution is 0.0149. The van der Waals surface area contributed by atoms with Gasteiger partial charge in [-0.1, -0.05) is 11.6 Å². The van der Waals surface area contributed by atoms with E-state index >= 15 is 4.39 Å². The second kappa shape index (κ2) is 8.18. The number of rotatable bonds is 5. The first-order valence-corrected chi connectivity index (χ1v) is 12.0. The second-order valence-corrected chi connectivity index (χ2v) is 11.2. The highest BCUT2D eigenvalue weighted by molar-refractivity contribution is 7.92. The molecule has 3 atom stereocenters. The summed E-state index contributed by atoms with van der Waals surface area (Å²) in [6.07, 6.45) is 0.263. The van der Waals surface area contributed by atoms with Gasteiger partial charge >= 0.3 is 0 Å². The highest BCUT2D eigenvalue weighted by Crippen LogP contribution is 2.56. The van der Waals surface area contributed by atoms with Crippen molar-refractivity contribution in [3.05, 3.63) is 58.6 Å². The molecular weight excluding hydrogens is 470 g/mol. The van der Waals surface area contributed by atoms with Gasteiger partial charge in [0, 0.05) is 23.9 Å². The van der Waals surface area contributed by atoms with Crippen molar-refractivity contribution in [1.82, 2.24) is 5.32 Å². The Bertz CT molecular complexity index is 1120. The average Bonchev–Trinajstić information content (AvgIpc) is 2.73. The van der Waals surface area contributed by atoms with Crippen LogP contribution in [-0.2, 0) is 14.6 Å². The van der Waals surface area contributed by atoms with E-state index in [2.05, 4.69) is 5.32 Å². The Labute approximate surface area is 188 Å². The molecule has 0 aromatic heterocycles. The number of alkyl halides is 2. The van der Waals surface area contributed by atoms with Crippen molar-refractivity contribution in [3.63, 3.8) is 0 Å². The fourth-order valence-corrected chi connectivity index (χ4v) is 7.34. The summed E-state index contributed by atoms with van der Waals surface area (Å²) in [6.45, 7) is 0.0406. The first-order valence-electron chi connectivity index (χ1n) is 10.2. The molecule has 0 amide bonds. The minimum Gasteiger partial charge on any atom is -0.490 e. The summed E-state index contributed by atoms with van der Waals surface area (Å²) in [5, 5.41) is 3.10. The number of fused-ring (bicyclic) bond motifs is 3. The van der Waals surface area contributed by atoms with Crippen molar-refractivity contribution in [1.29, 1.82) is 0 Å². The first kappa shape index (κ1) is 23.3. The predicted molar refractivity (Wildman–Crippen MR) is 112 cm³/mol. The minimum atomic E-state index is -4.24. The van der Waals surface area contributed by atoms with Gasteiger partial charge < -0.3 is 10.1 Å². The van der Waals surface area contributed by atoms with Crippen LogP contribution in [0.15, 0.2) is 41.3 Å². The van der Waals surface area contributed by atoms with Gasteiger partial charge in [-0.15, -0.1) is 0 Å². The fourth-order valence-electron chi connectivity index (χ4n) is 4.85. The zero-order valence-electron chi connectivity index (χ0n) is 17.2. The molecule has 1 heterocycles. The van der Waals surface area contributed by atoms with Crippen LogP contribution < -0.4 is 10.1 Å². The lowest BCUT2D eigenvalue weighted by atomic mass is 9.71. The third-order valence-electron chi connectivity index (χ3n) is 6.31. The molecule has 2 aromatic rings. The maximum absolute atomic E-state index is 15.1. The molecule has 1 N–H and O–H groups in total. The zero-order chi connectivity index (χ0) is 23.3. The Morgan fingerprint density at radius 3 is 2.47 bits per heavy atom. The van der Waals surface area contributed by atoms with Crippen LogP contribution in [0.5, 0.6) is 5.75 Å². The molecule has 174 valence electrons. The van der Waals surface area contributed by atoms with E-state index in [0.717, 1.165) is 19.1 Å². The normalized spacial score (nSPS) is 25.6. The van der Waals surface area contributed by atoms with E-state index < -0.39 is 56.4 Å². The van der Waals surface area contributed by atoms with Gasteiger partial charge in [-0.2, -0.15) is 0 Å². The van der Waals surface area contributed by atoms with Crippen LogP contribution in [0.3, 0.4) is 0 Å². The summed E-state index contributed by atoms with van der Waals surface area (Å²) in [6, 6.07) is 6.86. The number of halogens is 5. The van der Waals surface area contributed by atoms with E-state index in [0.29, 0.717) is 5.02 Å². The molecule has 32 heavy (non-hydrogen) atoms. The summed E-state index contributed by atoms with van der Waals surface area (Å²) in [7, 11) is -4.24. The molecule has 0 spiro atoms. The topological polar surface area (TPSA) is 55.4 Å². The minimum absolute atomic E-state index is 0.0742. The lowest BCUT2D eigenvalue weighted by Crippen LogP contribution is -2.55. The SMILES string of the molecule is CC(F)(F)CN[C@@H]1CC[C@@]2(S(=O)(=O)c3ccc(Cl)cc3)c3c(F)ccc(F)c3OC[C@H]2C1. The van der Waals surface area contributed by atoms with Gasteiger partial charge in [0.05, 0.1) is 23.6 Å². The van der Waals surface area contributed by atoms with Crippen molar-refractivity contribution in [2.75, 3.05) is 13.2 Å². The second-order valence-electron chi connectivity index (χ2n) is 8.51. The quantitative estimate of drug-likeness (QED) is 0.592. The van der Waals surface area contributed by atoms with Crippen molar-refractivity contribution in [2.45, 2.75) is 47.8 Å². The van der Waals surface area contributed by atoms with E-state index in [-0.39, 0.29) is 36.3 Å². The third-order valence-corrected chi connectivity index (χ3v) is 9.15. The third kappa shape index (κ3) is 3.88. The highest BCUT2D eigenvalue weighted by atomic mass is 35.5. The van der Waals surface area contributed by atoms with Crippen molar-refractivity contribution in [2.24, 2.45) is 5.92 Å². The number of sulfone groups is 1. The number of ether oxygens (including phenoxy) is 1. The maximum Gasteiger partial charge on any atom is 0.257 e. The Morgan fingerprint density at radius 2 is 1.81 bits per heavy atom. The predicted octanol–water partition coefficient (Wildman–Crippen LogP) is 5.09. The van der Waals surface area contributed by atoms with Crippen LogP contribution in [0, 0.1) is 17.6 Å². The van der Waals surface area contributed by atoms with Crippen molar-refractivity contribution >= 4 is 21.4 Å². The molecule has 1 aliphatic carbocycles. The van der Waals surface area contributed by atoms with Gasteiger partial charge in [0.2, 0.25) is 0 Å². The molecule has 0 radical (unpaired) electrons. The monoisotopic (exact) mass is 491 g/mol. The molecule has 1 aliphatic heterocycles. The fraction of sp³-hybridized carbons (Fsp3) is 0.455. The molecule has 2 aromatic carbocycles. The van der Waals surface area contributed by atoms with Crippen LogP contribution >= 0.6 is 11.6 Å². The lowest BCUT2D eigenvalue weighted by Gasteiger charge is -2.49. The molecule has 2 aliphatic rings.